The van der Waals surface area contributed by atoms with Crippen molar-refractivity contribution >= 4 is 17.7 Å². The van der Waals surface area contributed by atoms with Crippen LogP contribution in [0.3, 0.4) is 0 Å². The lowest BCUT2D eigenvalue weighted by molar-refractivity contribution is 0.0771. The summed E-state index contributed by atoms with van der Waals surface area (Å²) in [5.41, 5.74) is 3.07. The van der Waals surface area contributed by atoms with Crippen molar-refractivity contribution in [1.82, 2.24) is 9.88 Å². The Kier molecular flexibility index (Phi) is 5.24. The normalized spacial score (nSPS) is 10.7. The zero-order valence-corrected chi connectivity index (χ0v) is 15.3. The van der Waals surface area contributed by atoms with Gasteiger partial charge >= 0.3 is 0 Å². The van der Waals surface area contributed by atoms with Crippen LogP contribution in [0.15, 0.2) is 69.3 Å². The Morgan fingerprint density at radius 3 is 2.72 bits per heavy atom. The average Bonchev–Trinajstić information content (AvgIpc) is 3.11. The highest BCUT2D eigenvalue weighted by atomic mass is 32.2. The molecule has 0 N–H and O–H groups in total. The van der Waals surface area contributed by atoms with Crippen molar-refractivity contribution in [2.75, 3.05) is 7.05 Å². The highest BCUT2D eigenvalue weighted by Crippen LogP contribution is 2.30. The highest BCUT2D eigenvalue weighted by Gasteiger charge is 2.18. The minimum atomic E-state index is -0.0733. The van der Waals surface area contributed by atoms with Crippen LogP contribution in [0.4, 0.5) is 0 Å². The van der Waals surface area contributed by atoms with Gasteiger partial charge in [0.05, 0.1) is 18.4 Å². The summed E-state index contributed by atoms with van der Waals surface area (Å²) in [5.74, 6) is 0.680. The zero-order chi connectivity index (χ0) is 17.8. The number of hydrogen-bond acceptors (Lipinski definition) is 4. The first-order valence-electron chi connectivity index (χ1n) is 8.02. The molecule has 25 heavy (non-hydrogen) atoms. The number of aryl methyl sites for hydroxylation is 2. The molecule has 2 aromatic heterocycles. The van der Waals surface area contributed by atoms with E-state index in [1.165, 1.54) is 22.9 Å². The summed E-state index contributed by atoms with van der Waals surface area (Å²) < 4.78 is 5.33. The number of benzene rings is 1. The Hall–Kier alpha value is -2.53. The van der Waals surface area contributed by atoms with Crippen LogP contribution in [-0.2, 0) is 6.54 Å². The van der Waals surface area contributed by atoms with Crippen LogP contribution < -0.4 is 0 Å². The summed E-state index contributed by atoms with van der Waals surface area (Å²) in [6.45, 7) is 4.60. The number of rotatable bonds is 5. The highest BCUT2D eigenvalue weighted by molar-refractivity contribution is 7.99. The third-order valence-electron chi connectivity index (χ3n) is 4.01. The van der Waals surface area contributed by atoms with E-state index in [0.717, 1.165) is 10.7 Å². The molecular formula is C20H20N2O2S. The van der Waals surface area contributed by atoms with E-state index in [1.807, 2.05) is 18.2 Å². The Bertz CT molecular complexity index is 875. The van der Waals surface area contributed by atoms with E-state index in [9.17, 15) is 4.79 Å². The molecule has 0 aliphatic rings. The zero-order valence-electron chi connectivity index (χ0n) is 14.5. The molecule has 0 aliphatic heterocycles. The predicted octanol–water partition coefficient (Wildman–Crippen LogP) is 4.71. The van der Waals surface area contributed by atoms with Crippen molar-refractivity contribution in [1.29, 1.82) is 0 Å². The van der Waals surface area contributed by atoms with Crippen LogP contribution in [0.25, 0.3) is 0 Å². The van der Waals surface area contributed by atoms with Gasteiger partial charge in [-0.15, -0.1) is 0 Å². The molecule has 0 saturated heterocycles. The summed E-state index contributed by atoms with van der Waals surface area (Å²) in [6.07, 6.45) is 3.32. The summed E-state index contributed by atoms with van der Waals surface area (Å²) in [6, 6.07) is 13.6. The van der Waals surface area contributed by atoms with Gasteiger partial charge in [0.2, 0.25) is 0 Å². The number of carbonyl (C=O) groups is 1. The van der Waals surface area contributed by atoms with Crippen LogP contribution in [-0.4, -0.2) is 22.8 Å². The van der Waals surface area contributed by atoms with Gasteiger partial charge in [-0.1, -0.05) is 17.8 Å². The van der Waals surface area contributed by atoms with Gasteiger partial charge in [-0.05, 0) is 61.4 Å². The average molecular weight is 352 g/mol. The van der Waals surface area contributed by atoms with E-state index in [1.54, 1.807) is 30.5 Å². The monoisotopic (exact) mass is 352 g/mol. The van der Waals surface area contributed by atoms with Gasteiger partial charge in [0.25, 0.3) is 5.91 Å². The molecule has 0 bridgehead atoms. The van der Waals surface area contributed by atoms with Crippen molar-refractivity contribution in [3.63, 3.8) is 0 Å². The Balaban J connectivity index is 1.82. The Morgan fingerprint density at radius 2 is 2.00 bits per heavy atom. The smallest absolute Gasteiger partial charge is 0.256 e. The van der Waals surface area contributed by atoms with Crippen LogP contribution in [0, 0.1) is 13.8 Å². The summed E-state index contributed by atoms with van der Waals surface area (Å²) in [7, 11) is 1.77. The first-order chi connectivity index (χ1) is 12.0. The minimum Gasteiger partial charge on any atom is -0.467 e. The van der Waals surface area contributed by atoms with E-state index < -0.39 is 0 Å². The van der Waals surface area contributed by atoms with Crippen LogP contribution in [0.2, 0.25) is 0 Å². The number of aromatic nitrogens is 1. The van der Waals surface area contributed by atoms with Gasteiger partial charge < -0.3 is 9.32 Å². The fraction of sp³-hybridized carbons (Fsp3) is 0.200. The third-order valence-corrected chi connectivity index (χ3v) is 5.02. The van der Waals surface area contributed by atoms with Crippen molar-refractivity contribution in [3.8, 4) is 0 Å². The number of furan rings is 1. The molecule has 0 spiro atoms. The number of hydrogen-bond donors (Lipinski definition) is 0. The van der Waals surface area contributed by atoms with E-state index in [-0.39, 0.29) is 5.91 Å². The standard InChI is InChI=1S/C20H20N2O2S/c1-14-8-9-17(12-15(14)2)25-19-18(7-4-10-21-19)20(23)22(3)13-16-6-5-11-24-16/h4-12H,13H2,1-3H3. The van der Waals surface area contributed by atoms with Gasteiger partial charge in [-0.2, -0.15) is 0 Å². The van der Waals surface area contributed by atoms with Gasteiger partial charge in [0.15, 0.2) is 0 Å². The van der Waals surface area contributed by atoms with Crippen molar-refractivity contribution in [2.45, 2.75) is 30.3 Å². The van der Waals surface area contributed by atoms with E-state index >= 15 is 0 Å². The van der Waals surface area contributed by atoms with E-state index in [4.69, 9.17) is 4.42 Å². The lowest BCUT2D eigenvalue weighted by Crippen LogP contribution is -2.26. The van der Waals surface area contributed by atoms with Crippen LogP contribution >= 0.6 is 11.8 Å². The maximum atomic E-state index is 12.8. The van der Waals surface area contributed by atoms with Gasteiger partial charge in [0.1, 0.15) is 10.8 Å². The molecule has 1 amide bonds. The Labute approximate surface area is 151 Å². The first-order valence-corrected chi connectivity index (χ1v) is 8.84. The van der Waals surface area contributed by atoms with Gasteiger partial charge in [-0.3, -0.25) is 4.79 Å². The molecule has 0 atom stereocenters. The second-order valence-corrected chi connectivity index (χ2v) is 7.01. The topological polar surface area (TPSA) is 46.3 Å². The number of amides is 1. The molecule has 128 valence electrons. The molecule has 5 heteroatoms. The van der Waals surface area contributed by atoms with Crippen molar-refractivity contribution in [2.24, 2.45) is 0 Å². The molecule has 0 fully saturated rings. The maximum absolute atomic E-state index is 12.8. The fourth-order valence-electron chi connectivity index (χ4n) is 2.44. The van der Waals surface area contributed by atoms with E-state index in [0.29, 0.717) is 17.1 Å². The molecule has 3 rings (SSSR count). The molecule has 2 heterocycles. The van der Waals surface area contributed by atoms with Crippen molar-refractivity contribution < 1.29 is 9.21 Å². The molecular weight excluding hydrogens is 332 g/mol. The molecule has 0 saturated carbocycles. The van der Waals surface area contributed by atoms with Gasteiger partial charge in [0, 0.05) is 18.1 Å². The predicted molar refractivity (Wildman–Crippen MR) is 98.8 cm³/mol. The summed E-state index contributed by atoms with van der Waals surface area (Å²) in [5, 5.41) is 0.710. The second kappa shape index (κ2) is 7.57. The Morgan fingerprint density at radius 1 is 1.16 bits per heavy atom. The van der Waals surface area contributed by atoms with Gasteiger partial charge in [-0.25, -0.2) is 4.98 Å². The molecule has 4 nitrogen and oxygen atoms in total. The quantitative estimate of drug-likeness (QED) is 0.667. The number of pyridine rings is 1. The van der Waals surface area contributed by atoms with Crippen molar-refractivity contribution in [3.05, 3.63) is 77.4 Å². The summed E-state index contributed by atoms with van der Waals surface area (Å²) >= 11 is 1.51. The molecule has 0 aliphatic carbocycles. The lowest BCUT2D eigenvalue weighted by Gasteiger charge is -2.17. The third kappa shape index (κ3) is 4.12. The fourth-order valence-corrected chi connectivity index (χ4v) is 3.41. The molecule has 1 aromatic carbocycles. The molecule has 0 unspecified atom stereocenters. The lowest BCUT2D eigenvalue weighted by atomic mass is 10.1. The maximum Gasteiger partial charge on any atom is 0.256 e. The second-order valence-electron chi connectivity index (χ2n) is 5.94. The molecule has 0 radical (unpaired) electrons. The molecule has 3 aromatic rings. The number of nitrogens with zero attached hydrogens (tertiary/aromatic N) is 2. The SMILES string of the molecule is Cc1ccc(Sc2ncccc2C(=O)N(C)Cc2ccco2)cc1C. The van der Waals surface area contributed by atoms with E-state index in [2.05, 4.69) is 37.0 Å². The van der Waals surface area contributed by atoms with Crippen LogP contribution in [0.1, 0.15) is 27.2 Å². The number of carbonyl (C=O) groups excluding carboxylic acids is 1. The summed E-state index contributed by atoms with van der Waals surface area (Å²) in [4.78, 5) is 20.0. The van der Waals surface area contributed by atoms with Crippen LogP contribution in [0.5, 0.6) is 0 Å². The largest absolute Gasteiger partial charge is 0.467 e. The first kappa shape index (κ1) is 17.3. The minimum absolute atomic E-state index is 0.0733.